The van der Waals surface area contributed by atoms with E-state index in [-0.39, 0.29) is 12.6 Å². The highest BCUT2D eigenvalue weighted by Crippen LogP contribution is 2.56. The molecule has 1 N–H and O–H groups in total. The van der Waals surface area contributed by atoms with Crippen LogP contribution in [0.5, 0.6) is 0 Å². The molecular weight excluding hydrogens is 441 g/mol. The van der Waals surface area contributed by atoms with Gasteiger partial charge < -0.3 is 14.1 Å². The summed E-state index contributed by atoms with van der Waals surface area (Å²) in [6.07, 6.45) is 15.5. The number of phosphoric acid groups is 1. The first-order valence-electron chi connectivity index (χ1n) is 13.1. The number of hydrogen-bond acceptors (Lipinski definition) is 6. The standard InChI is InChI=1S/C25H50NO6P/c1-6-7-8-9-10-11-12-13-14-15-16-19-25(24(27)30-5)20-17-18-23(25)32-33(28,29)31-22-21-26(2,3)4/h23H,6-22H2,1-5H3/p+1/t23?,25-/m1/s1. The number of phosphoric ester groups is 1. The fourth-order valence-electron chi connectivity index (χ4n) is 4.74. The lowest BCUT2D eigenvalue weighted by molar-refractivity contribution is -0.870. The highest BCUT2D eigenvalue weighted by atomic mass is 31.2. The second-order valence-corrected chi connectivity index (χ2v) is 12.1. The van der Waals surface area contributed by atoms with Crippen LogP contribution < -0.4 is 4.89 Å². The molecule has 0 aromatic rings. The third-order valence-corrected chi connectivity index (χ3v) is 7.83. The predicted octanol–water partition coefficient (Wildman–Crippen LogP) is 5.17. The number of esters is 1. The quantitative estimate of drug-likeness (QED) is 0.116. The fraction of sp³-hybridized carbons (Fsp3) is 0.960. The van der Waals surface area contributed by atoms with Crippen molar-refractivity contribution in [3.05, 3.63) is 0 Å². The molecule has 0 spiro atoms. The Kier molecular flexibility index (Phi) is 14.6. The first kappa shape index (κ1) is 30.7. The lowest BCUT2D eigenvalue weighted by Gasteiger charge is -2.34. The van der Waals surface area contributed by atoms with Gasteiger partial charge in [-0.2, -0.15) is 13.9 Å². The van der Waals surface area contributed by atoms with Crippen LogP contribution in [-0.2, 0) is 18.6 Å². The van der Waals surface area contributed by atoms with Crippen LogP contribution in [0, 0.1) is 5.41 Å². The van der Waals surface area contributed by atoms with Crippen LogP contribution in [-0.4, -0.2) is 62.9 Å². The topological polar surface area (TPSA) is 88.1 Å². The zero-order valence-corrected chi connectivity index (χ0v) is 22.9. The third kappa shape index (κ3) is 12.3. The summed E-state index contributed by atoms with van der Waals surface area (Å²) < 4.78 is 16.5. The van der Waals surface area contributed by atoms with Crippen molar-refractivity contribution in [2.75, 3.05) is 41.4 Å². The molecule has 1 aliphatic rings. The molecule has 33 heavy (non-hydrogen) atoms. The molecule has 7 nitrogen and oxygen atoms in total. The van der Waals surface area contributed by atoms with Crippen molar-refractivity contribution in [2.24, 2.45) is 5.41 Å². The van der Waals surface area contributed by atoms with Gasteiger partial charge in [0.15, 0.2) is 0 Å². The van der Waals surface area contributed by atoms with Crippen molar-refractivity contribution in [3.8, 4) is 0 Å². The van der Waals surface area contributed by atoms with Gasteiger partial charge in [-0.25, -0.2) is 0 Å². The lowest BCUT2D eigenvalue weighted by Crippen LogP contribution is -2.42. The third-order valence-electron chi connectivity index (χ3n) is 6.80. The Bertz CT molecular complexity index is 539. The van der Waals surface area contributed by atoms with E-state index in [1.807, 2.05) is 21.1 Å². The van der Waals surface area contributed by atoms with Gasteiger partial charge >= 0.3 is 14.1 Å². The maximum Gasteiger partial charge on any atom is 0.377 e. The molecular formula is C25H51NO6P+. The minimum atomic E-state index is -4.24. The molecule has 0 aromatic heterocycles. The molecule has 196 valence electrons. The molecule has 0 bridgehead atoms. The van der Waals surface area contributed by atoms with Crippen LogP contribution in [0.25, 0.3) is 0 Å². The van der Waals surface area contributed by atoms with Crippen molar-refractivity contribution in [1.82, 2.24) is 0 Å². The van der Waals surface area contributed by atoms with Gasteiger partial charge in [-0.05, 0) is 25.7 Å². The number of ether oxygens (including phenoxy) is 1. The van der Waals surface area contributed by atoms with E-state index in [1.54, 1.807) is 0 Å². The zero-order valence-electron chi connectivity index (χ0n) is 22.0. The Hall–Kier alpha value is -0.300. The molecule has 1 saturated carbocycles. The Morgan fingerprint density at radius 2 is 1.58 bits per heavy atom. The minimum absolute atomic E-state index is 0.119. The van der Waals surface area contributed by atoms with E-state index in [4.69, 9.17) is 13.8 Å². The highest BCUT2D eigenvalue weighted by Gasteiger charge is 2.54. The number of nitrogens with zero attached hydrogens (tertiary/aromatic N) is 1. The number of likely N-dealkylation sites (N-methyl/N-ethyl adjacent to an activating group) is 1. The summed E-state index contributed by atoms with van der Waals surface area (Å²) in [6.45, 7) is 2.95. The summed E-state index contributed by atoms with van der Waals surface area (Å²) in [5.74, 6) is -0.330. The van der Waals surface area contributed by atoms with Crippen molar-refractivity contribution in [1.29, 1.82) is 0 Å². The van der Waals surface area contributed by atoms with E-state index in [0.29, 0.717) is 30.3 Å². The van der Waals surface area contributed by atoms with E-state index in [0.717, 1.165) is 25.7 Å². The number of carbonyl (C=O) groups is 1. The maximum absolute atomic E-state index is 12.8. The van der Waals surface area contributed by atoms with Crippen LogP contribution >= 0.6 is 8.17 Å². The summed E-state index contributed by atoms with van der Waals surface area (Å²) in [5, 5.41) is 0. The second kappa shape index (κ2) is 15.6. The van der Waals surface area contributed by atoms with Gasteiger partial charge in [0.1, 0.15) is 19.3 Å². The summed E-state index contributed by atoms with van der Waals surface area (Å²) in [6, 6.07) is 0. The number of quaternary nitrogens is 1. The molecule has 0 amide bonds. The summed E-state index contributed by atoms with van der Waals surface area (Å²) in [5.41, 5.74) is -0.851. The first-order valence-corrected chi connectivity index (χ1v) is 14.6. The first-order chi connectivity index (χ1) is 15.6. The predicted molar refractivity (Wildman–Crippen MR) is 132 cm³/mol. The number of rotatable bonds is 19. The van der Waals surface area contributed by atoms with Crippen molar-refractivity contribution >= 4 is 14.1 Å². The highest BCUT2D eigenvalue weighted by molar-refractivity contribution is 7.52. The van der Waals surface area contributed by atoms with Crippen LogP contribution in [0.4, 0.5) is 0 Å². The summed E-state index contributed by atoms with van der Waals surface area (Å²) >= 11 is 0. The largest absolute Gasteiger partial charge is 0.606 e. The molecule has 0 heterocycles. The van der Waals surface area contributed by atoms with Crippen LogP contribution in [0.3, 0.4) is 0 Å². The Morgan fingerprint density at radius 1 is 1.03 bits per heavy atom. The van der Waals surface area contributed by atoms with Crippen LogP contribution in [0.1, 0.15) is 103 Å². The normalized spacial score (nSPS) is 22.9. The van der Waals surface area contributed by atoms with Crippen molar-refractivity contribution in [2.45, 2.75) is 109 Å². The second-order valence-electron chi connectivity index (χ2n) is 10.7. The molecule has 2 unspecified atom stereocenters. The van der Waals surface area contributed by atoms with E-state index < -0.39 is 19.7 Å². The molecule has 8 heteroatoms. The van der Waals surface area contributed by atoms with Crippen molar-refractivity contribution < 1.29 is 32.8 Å². The summed E-state index contributed by atoms with van der Waals surface area (Å²) in [4.78, 5) is 35.6. The van der Waals surface area contributed by atoms with Gasteiger partial charge in [-0.15, -0.1) is 0 Å². The molecule has 1 fully saturated rings. The van der Waals surface area contributed by atoms with Crippen molar-refractivity contribution in [3.63, 3.8) is 0 Å². The van der Waals surface area contributed by atoms with E-state index in [1.165, 1.54) is 58.5 Å². The Balaban J connectivity index is 2.46. The van der Waals surface area contributed by atoms with Crippen LogP contribution in [0.2, 0.25) is 0 Å². The SMILES string of the molecule is CCCCCCCCCCCCC[C@@]1(C(=O)OC)CCCC1O[P+]([O-])(O)OCC[N+](C)(C)C. The van der Waals surface area contributed by atoms with Gasteiger partial charge in [-0.1, -0.05) is 77.6 Å². The smallest absolute Gasteiger partial charge is 0.377 e. The number of hydrogen-bond donors (Lipinski definition) is 1. The Labute approximate surface area is 203 Å². The summed E-state index contributed by atoms with van der Waals surface area (Å²) in [7, 11) is 3.10. The van der Waals surface area contributed by atoms with E-state index in [2.05, 4.69) is 6.92 Å². The van der Waals surface area contributed by atoms with Gasteiger partial charge in [0, 0.05) is 0 Å². The van der Waals surface area contributed by atoms with Gasteiger partial charge in [-0.3, -0.25) is 4.79 Å². The van der Waals surface area contributed by atoms with E-state index in [9.17, 15) is 14.6 Å². The molecule has 0 saturated heterocycles. The van der Waals surface area contributed by atoms with E-state index >= 15 is 0 Å². The van der Waals surface area contributed by atoms with Gasteiger partial charge in [0.25, 0.3) is 0 Å². The monoisotopic (exact) mass is 492 g/mol. The zero-order chi connectivity index (χ0) is 24.8. The minimum Gasteiger partial charge on any atom is -0.606 e. The fourth-order valence-corrected chi connectivity index (χ4v) is 5.75. The molecule has 3 atom stereocenters. The number of carbonyl (C=O) groups excluding carboxylic acids is 1. The number of unbranched alkanes of at least 4 members (excludes halogenated alkanes) is 10. The average Bonchev–Trinajstić information content (AvgIpc) is 3.12. The lowest BCUT2D eigenvalue weighted by atomic mass is 9.79. The van der Waals surface area contributed by atoms with Crippen LogP contribution in [0.15, 0.2) is 0 Å². The van der Waals surface area contributed by atoms with Gasteiger partial charge in [0.05, 0.1) is 33.7 Å². The molecule has 1 aliphatic carbocycles. The average molecular weight is 493 g/mol. The molecule has 0 radical (unpaired) electrons. The maximum atomic E-state index is 12.8. The Morgan fingerprint density at radius 3 is 2.09 bits per heavy atom. The molecule has 0 aromatic carbocycles. The molecule has 1 rings (SSSR count). The number of methoxy groups -OCH3 is 1. The molecule has 0 aliphatic heterocycles. The van der Waals surface area contributed by atoms with Gasteiger partial charge in [0.2, 0.25) is 0 Å².